The minimum Gasteiger partial charge on any atom is -0.324 e. The Kier molecular flexibility index (Phi) is 3.93. The smallest absolute Gasteiger partial charge is 0.323 e. The molecule has 1 saturated carbocycles. The number of urea groups is 1. The van der Waals surface area contributed by atoms with Crippen LogP contribution in [0.1, 0.15) is 26.2 Å². The van der Waals surface area contributed by atoms with E-state index in [-0.39, 0.29) is 6.03 Å². The molecule has 0 bridgehead atoms. The predicted octanol–water partition coefficient (Wildman–Crippen LogP) is 2.91. The molecule has 2 aliphatic rings. The molecule has 2 unspecified atom stereocenters. The third kappa shape index (κ3) is 2.86. The summed E-state index contributed by atoms with van der Waals surface area (Å²) in [4.78, 5) is 18.4. The van der Waals surface area contributed by atoms with Gasteiger partial charge in [-0.05, 0) is 30.4 Å². The van der Waals surface area contributed by atoms with Crippen molar-refractivity contribution in [3.63, 3.8) is 0 Å². The number of rotatable bonds is 3. The van der Waals surface area contributed by atoms with Crippen molar-refractivity contribution in [1.82, 2.24) is 14.3 Å². The van der Waals surface area contributed by atoms with Crippen LogP contribution in [0.2, 0.25) is 0 Å². The van der Waals surface area contributed by atoms with E-state index in [4.69, 9.17) is 0 Å². The van der Waals surface area contributed by atoms with Gasteiger partial charge >= 0.3 is 6.03 Å². The van der Waals surface area contributed by atoms with Crippen molar-refractivity contribution in [2.24, 2.45) is 11.8 Å². The molecule has 1 N–H and O–H groups in total. The Hall–Kier alpha value is -0.820. The summed E-state index contributed by atoms with van der Waals surface area (Å²) < 4.78 is 4.20. The molecule has 2 amide bonds. The molecule has 2 fully saturated rings. The lowest BCUT2D eigenvalue weighted by Crippen LogP contribution is -2.33. The zero-order valence-corrected chi connectivity index (χ0v) is 12.6. The lowest BCUT2D eigenvalue weighted by atomic mass is 10.0. The molecule has 5 nitrogen and oxygen atoms in total. The van der Waals surface area contributed by atoms with E-state index in [1.165, 1.54) is 30.8 Å². The van der Waals surface area contributed by atoms with Crippen LogP contribution in [-0.2, 0) is 0 Å². The van der Waals surface area contributed by atoms with Gasteiger partial charge in [0.05, 0.1) is 0 Å². The van der Waals surface area contributed by atoms with Crippen molar-refractivity contribution in [2.75, 3.05) is 24.2 Å². The SMILES string of the molecule is CCSc1nsc(NC(=O)N2CC3CCCC3C2)n1. The molecule has 1 aromatic heterocycles. The Labute approximate surface area is 121 Å². The van der Waals surface area contributed by atoms with E-state index in [0.29, 0.717) is 5.13 Å². The van der Waals surface area contributed by atoms with E-state index >= 15 is 0 Å². The highest BCUT2D eigenvalue weighted by molar-refractivity contribution is 7.99. The number of carbonyl (C=O) groups is 1. The molecular weight excluding hydrogens is 280 g/mol. The van der Waals surface area contributed by atoms with Crippen molar-refractivity contribution >= 4 is 34.5 Å². The van der Waals surface area contributed by atoms with Crippen LogP contribution < -0.4 is 5.32 Å². The summed E-state index contributed by atoms with van der Waals surface area (Å²) in [6, 6.07) is -0.0152. The van der Waals surface area contributed by atoms with Crippen LogP contribution in [0.4, 0.5) is 9.93 Å². The van der Waals surface area contributed by atoms with Crippen LogP contribution in [0.5, 0.6) is 0 Å². The van der Waals surface area contributed by atoms with Crippen molar-refractivity contribution in [3.05, 3.63) is 0 Å². The van der Waals surface area contributed by atoms with Crippen molar-refractivity contribution < 1.29 is 4.79 Å². The van der Waals surface area contributed by atoms with Crippen molar-refractivity contribution in [3.8, 4) is 0 Å². The maximum Gasteiger partial charge on any atom is 0.323 e. The number of nitrogens with zero attached hydrogens (tertiary/aromatic N) is 3. The number of anilines is 1. The summed E-state index contributed by atoms with van der Waals surface area (Å²) in [6.45, 7) is 3.88. The molecule has 1 aliphatic heterocycles. The van der Waals surface area contributed by atoms with Gasteiger partial charge in [0.15, 0.2) is 0 Å². The maximum atomic E-state index is 12.2. The Morgan fingerprint density at radius 1 is 1.47 bits per heavy atom. The minimum absolute atomic E-state index is 0.0152. The first kappa shape index (κ1) is 13.2. The van der Waals surface area contributed by atoms with E-state index < -0.39 is 0 Å². The van der Waals surface area contributed by atoms with Gasteiger partial charge in [-0.1, -0.05) is 25.1 Å². The molecule has 104 valence electrons. The lowest BCUT2D eigenvalue weighted by molar-refractivity contribution is 0.219. The number of hydrogen-bond donors (Lipinski definition) is 1. The fourth-order valence-corrected chi connectivity index (χ4v) is 4.28. The van der Waals surface area contributed by atoms with Crippen LogP contribution >= 0.6 is 23.3 Å². The molecule has 7 heteroatoms. The van der Waals surface area contributed by atoms with Crippen LogP contribution in [0.3, 0.4) is 0 Å². The fraction of sp³-hybridized carbons (Fsp3) is 0.750. The maximum absolute atomic E-state index is 12.2. The molecule has 0 radical (unpaired) electrons. The number of carbonyl (C=O) groups excluding carboxylic acids is 1. The largest absolute Gasteiger partial charge is 0.324 e. The first-order valence-electron chi connectivity index (χ1n) is 6.78. The van der Waals surface area contributed by atoms with Crippen LogP contribution in [0.15, 0.2) is 5.16 Å². The number of aromatic nitrogens is 2. The van der Waals surface area contributed by atoms with E-state index in [1.807, 2.05) is 4.90 Å². The second kappa shape index (κ2) is 5.66. The monoisotopic (exact) mass is 298 g/mol. The van der Waals surface area contributed by atoms with Gasteiger partial charge in [0.2, 0.25) is 10.3 Å². The number of likely N-dealkylation sites (tertiary alicyclic amines) is 1. The van der Waals surface area contributed by atoms with E-state index in [9.17, 15) is 4.79 Å². The topological polar surface area (TPSA) is 58.1 Å². The lowest BCUT2D eigenvalue weighted by Gasteiger charge is -2.16. The standard InChI is InChI=1S/C12H18N4OS2/c1-2-18-11-13-10(19-15-11)14-12(17)16-6-8-4-3-5-9(8)7-16/h8-9H,2-7H2,1H3,(H,13,14,15,17). The molecular formula is C12H18N4OS2. The first-order valence-corrected chi connectivity index (χ1v) is 8.54. The molecule has 2 heterocycles. The summed E-state index contributed by atoms with van der Waals surface area (Å²) >= 11 is 2.85. The number of hydrogen-bond acceptors (Lipinski definition) is 5. The third-order valence-electron chi connectivity index (χ3n) is 3.91. The second-order valence-electron chi connectivity index (χ2n) is 5.10. The van der Waals surface area contributed by atoms with E-state index in [1.54, 1.807) is 11.8 Å². The van der Waals surface area contributed by atoms with Gasteiger partial charge < -0.3 is 4.90 Å². The van der Waals surface area contributed by atoms with Gasteiger partial charge in [-0.2, -0.15) is 9.36 Å². The fourth-order valence-electron chi connectivity index (χ4n) is 3.02. The second-order valence-corrected chi connectivity index (χ2v) is 7.08. The number of nitrogens with one attached hydrogen (secondary N) is 1. The average molecular weight is 298 g/mol. The van der Waals surface area contributed by atoms with Gasteiger partial charge in [-0.15, -0.1) is 0 Å². The Balaban J connectivity index is 1.56. The predicted molar refractivity (Wildman–Crippen MR) is 77.7 cm³/mol. The average Bonchev–Trinajstić information content (AvgIpc) is 3.03. The molecule has 1 aromatic rings. The highest BCUT2D eigenvalue weighted by atomic mass is 32.2. The minimum atomic E-state index is -0.0152. The van der Waals surface area contributed by atoms with Crippen LogP contribution in [0, 0.1) is 11.8 Å². The number of fused-ring (bicyclic) bond motifs is 1. The zero-order valence-electron chi connectivity index (χ0n) is 11.0. The quantitative estimate of drug-likeness (QED) is 0.872. The van der Waals surface area contributed by atoms with Gasteiger partial charge in [-0.3, -0.25) is 5.32 Å². The van der Waals surface area contributed by atoms with Crippen molar-refractivity contribution in [2.45, 2.75) is 31.3 Å². The van der Waals surface area contributed by atoms with E-state index in [2.05, 4.69) is 21.6 Å². The van der Waals surface area contributed by atoms with Crippen LogP contribution in [0.25, 0.3) is 0 Å². The highest BCUT2D eigenvalue weighted by Crippen LogP contribution is 2.37. The summed E-state index contributed by atoms with van der Waals surface area (Å²) in [5, 5.41) is 4.23. The Morgan fingerprint density at radius 2 is 2.21 bits per heavy atom. The highest BCUT2D eigenvalue weighted by Gasteiger charge is 2.38. The molecule has 0 spiro atoms. The summed E-state index contributed by atoms with van der Waals surface area (Å²) in [5.41, 5.74) is 0. The van der Waals surface area contributed by atoms with Gasteiger partial charge in [0.1, 0.15) is 0 Å². The molecule has 1 aliphatic carbocycles. The van der Waals surface area contributed by atoms with Crippen LogP contribution in [-0.4, -0.2) is 39.1 Å². The zero-order chi connectivity index (χ0) is 13.2. The van der Waals surface area contributed by atoms with Gasteiger partial charge in [0.25, 0.3) is 0 Å². The summed E-state index contributed by atoms with van der Waals surface area (Å²) in [6.07, 6.45) is 3.90. The Bertz CT molecular complexity index is 452. The molecule has 1 saturated heterocycles. The van der Waals surface area contributed by atoms with Crippen molar-refractivity contribution in [1.29, 1.82) is 0 Å². The third-order valence-corrected chi connectivity index (χ3v) is 5.38. The first-order chi connectivity index (χ1) is 9.26. The number of amides is 2. The Morgan fingerprint density at radius 3 is 2.89 bits per heavy atom. The summed E-state index contributed by atoms with van der Waals surface area (Å²) in [7, 11) is 0. The normalized spacial score (nSPS) is 25.6. The molecule has 19 heavy (non-hydrogen) atoms. The molecule has 0 aromatic carbocycles. The van der Waals surface area contributed by atoms with Gasteiger partial charge in [0, 0.05) is 24.6 Å². The molecule has 3 rings (SSSR count). The van der Waals surface area contributed by atoms with E-state index in [0.717, 1.165) is 35.8 Å². The number of thioether (sulfide) groups is 1. The van der Waals surface area contributed by atoms with Gasteiger partial charge in [-0.25, -0.2) is 4.79 Å². The molecule has 2 atom stereocenters. The summed E-state index contributed by atoms with van der Waals surface area (Å²) in [5.74, 6) is 2.40.